The first-order valence-corrected chi connectivity index (χ1v) is 5.47. The van der Waals surface area contributed by atoms with Gasteiger partial charge in [-0.1, -0.05) is 25.1 Å². The summed E-state index contributed by atoms with van der Waals surface area (Å²) in [6.45, 7) is 2.85. The van der Waals surface area contributed by atoms with Gasteiger partial charge < -0.3 is 4.90 Å². The van der Waals surface area contributed by atoms with E-state index in [4.69, 9.17) is 5.26 Å². The third-order valence-corrected chi connectivity index (χ3v) is 2.88. The molecule has 0 fully saturated rings. The van der Waals surface area contributed by atoms with Gasteiger partial charge in [-0.05, 0) is 24.0 Å². The second-order valence-electron chi connectivity index (χ2n) is 4.28. The Morgan fingerprint density at radius 2 is 2.31 bits per heavy atom. The predicted octanol–water partition coefficient (Wildman–Crippen LogP) is 2.13. The van der Waals surface area contributed by atoms with Crippen LogP contribution in [0.3, 0.4) is 0 Å². The molecule has 0 saturated heterocycles. The molecule has 1 heterocycles. The highest BCUT2D eigenvalue weighted by Gasteiger charge is 2.25. The van der Waals surface area contributed by atoms with E-state index in [1.807, 2.05) is 24.3 Å². The lowest BCUT2D eigenvalue weighted by Gasteiger charge is -2.32. The van der Waals surface area contributed by atoms with Gasteiger partial charge in [0.05, 0.1) is 6.07 Å². The monoisotopic (exact) mass is 214 g/mol. The molecule has 82 valence electrons. The highest BCUT2D eigenvalue weighted by atomic mass is 16.2. The molecule has 0 saturated carbocycles. The smallest absolute Gasteiger partial charge is 0.241 e. The number of nitriles is 1. The first-order chi connectivity index (χ1) is 7.72. The summed E-state index contributed by atoms with van der Waals surface area (Å²) in [5, 5.41) is 8.58. The van der Waals surface area contributed by atoms with Crippen molar-refractivity contribution in [2.45, 2.75) is 19.8 Å². The zero-order valence-electron chi connectivity index (χ0n) is 9.31. The van der Waals surface area contributed by atoms with E-state index < -0.39 is 0 Å². The second-order valence-corrected chi connectivity index (χ2v) is 4.28. The van der Waals surface area contributed by atoms with Crippen LogP contribution in [0, 0.1) is 17.2 Å². The fourth-order valence-corrected chi connectivity index (χ4v) is 2.20. The standard InChI is InChI=1S/C13H14N2O/c1-10-8-11-4-2-3-5-12(11)15(9-10)13(16)6-7-14/h2-5,10H,6,8-9H2,1H3. The molecule has 3 heteroatoms. The van der Waals surface area contributed by atoms with Crippen LogP contribution < -0.4 is 4.90 Å². The van der Waals surface area contributed by atoms with Crippen LogP contribution in [-0.4, -0.2) is 12.5 Å². The molecule has 0 radical (unpaired) electrons. The summed E-state index contributed by atoms with van der Waals surface area (Å²) in [6, 6.07) is 9.85. The summed E-state index contributed by atoms with van der Waals surface area (Å²) in [4.78, 5) is 13.6. The fourth-order valence-electron chi connectivity index (χ4n) is 2.20. The average Bonchev–Trinajstić information content (AvgIpc) is 2.28. The third kappa shape index (κ3) is 1.92. The van der Waals surface area contributed by atoms with Crippen molar-refractivity contribution < 1.29 is 4.79 Å². The van der Waals surface area contributed by atoms with Crippen molar-refractivity contribution in [1.82, 2.24) is 0 Å². The molecule has 1 unspecified atom stereocenters. The zero-order chi connectivity index (χ0) is 11.5. The largest absolute Gasteiger partial charge is 0.311 e. The number of fused-ring (bicyclic) bond motifs is 1. The molecule has 1 aliphatic heterocycles. The maximum Gasteiger partial charge on any atom is 0.241 e. The van der Waals surface area contributed by atoms with Crippen molar-refractivity contribution in [2.75, 3.05) is 11.4 Å². The van der Waals surface area contributed by atoms with Gasteiger partial charge in [0, 0.05) is 12.2 Å². The molecule has 0 N–H and O–H groups in total. The number of nitrogens with zero attached hydrogens (tertiary/aromatic N) is 2. The SMILES string of the molecule is CC1Cc2ccccc2N(C(=O)CC#N)C1. The Bertz CT molecular complexity index is 447. The molecule has 1 aliphatic rings. The van der Waals surface area contributed by atoms with E-state index in [0.29, 0.717) is 5.92 Å². The summed E-state index contributed by atoms with van der Waals surface area (Å²) in [7, 11) is 0. The van der Waals surface area contributed by atoms with Crippen molar-refractivity contribution in [3.63, 3.8) is 0 Å². The number of amides is 1. The maximum absolute atomic E-state index is 11.8. The lowest BCUT2D eigenvalue weighted by atomic mass is 9.94. The van der Waals surface area contributed by atoms with Gasteiger partial charge in [0.15, 0.2) is 0 Å². The summed E-state index contributed by atoms with van der Waals surface area (Å²) in [5.74, 6) is 0.360. The first kappa shape index (κ1) is 10.7. The van der Waals surface area contributed by atoms with Gasteiger partial charge >= 0.3 is 0 Å². The Hall–Kier alpha value is -1.82. The highest BCUT2D eigenvalue weighted by Crippen LogP contribution is 2.29. The second kappa shape index (κ2) is 4.36. The van der Waals surface area contributed by atoms with E-state index in [0.717, 1.165) is 18.7 Å². The van der Waals surface area contributed by atoms with Gasteiger partial charge in [0.1, 0.15) is 6.42 Å². The van der Waals surface area contributed by atoms with E-state index >= 15 is 0 Å². The Kier molecular flexibility index (Phi) is 2.91. The minimum atomic E-state index is -0.0958. The molecular weight excluding hydrogens is 200 g/mol. The van der Waals surface area contributed by atoms with Crippen molar-refractivity contribution in [3.8, 4) is 6.07 Å². The summed E-state index contributed by atoms with van der Waals surface area (Å²) in [5.41, 5.74) is 2.17. The van der Waals surface area contributed by atoms with Gasteiger partial charge in [0.25, 0.3) is 0 Å². The molecule has 1 atom stereocenters. The van der Waals surface area contributed by atoms with E-state index in [-0.39, 0.29) is 12.3 Å². The molecule has 16 heavy (non-hydrogen) atoms. The number of benzene rings is 1. The van der Waals surface area contributed by atoms with Gasteiger partial charge in [-0.25, -0.2) is 0 Å². The van der Waals surface area contributed by atoms with E-state index in [9.17, 15) is 4.79 Å². The van der Waals surface area contributed by atoms with Crippen LogP contribution in [0.2, 0.25) is 0 Å². The van der Waals surface area contributed by atoms with E-state index in [1.165, 1.54) is 5.56 Å². The summed E-state index contributed by atoms with van der Waals surface area (Å²) >= 11 is 0. The van der Waals surface area contributed by atoms with Gasteiger partial charge in [-0.15, -0.1) is 0 Å². The van der Waals surface area contributed by atoms with Gasteiger partial charge in [-0.2, -0.15) is 5.26 Å². The zero-order valence-corrected chi connectivity index (χ0v) is 9.31. The molecule has 2 rings (SSSR count). The molecule has 0 spiro atoms. The van der Waals surface area contributed by atoms with Crippen molar-refractivity contribution in [1.29, 1.82) is 5.26 Å². The molecule has 3 nitrogen and oxygen atoms in total. The topological polar surface area (TPSA) is 44.1 Å². The molecule has 1 aromatic rings. The lowest BCUT2D eigenvalue weighted by Crippen LogP contribution is -2.38. The van der Waals surface area contributed by atoms with Crippen LogP contribution >= 0.6 is 0 Å². The Balaban J connectivity index is 2.34. The highest BCUT2D eigenvalue weighted by molar-refractivity contribution is 5.95. The average molecular weight is 214 g/mol. The minimum Gasteiger partial charge on any atom is -0.311 e. The predicted molar refractivity (Wildman–Crippen MR) is 61.9 cm³/mol. The molecule has 0 aromatic heterocycles. The number of carbonyl (C=O) groups is 1. The Morgan fingerprint density at radius 3 is 3.06 bits per heavy atom. The fraction of sp³-hybridized carbons (Fsp3) is 0.385. The number of carbonyl (C=O) groups excluding carboxylic acids is 1. The molecule has 1 aromatic carbocycles. The Morgan fingerprint density at radius 1 is 1.56 bits per heavy atom. The van der Waals surface area contributed by atoms with Crippen LogP contribution in [-0.2, 0) is 11.2 Å². The van der Waals surface area contributed by atoms with Crippen LogP contribution in [0.25, 0.3) is 0 Å². The number of hydrogen-bond acceptors (Lipinski definition) is 2. The van der Waals surface area contributed by atoms with Gasteiger partial charge in [-0.3, -0.25) is 4.79 Å². The molecular formula is C13H14N2O. The van der Waals surface area contributed by atoms with Gasteiger partial charge in [0.2, 0.25) is 5.91 Å². The van der Waals surface area contributed by atoms with E-state index in [2.05, 4.69) is 13.0 Å². The number of anilines is 1. The molecule has 0 bridgehead atoms. The number of rotatable bonds is 1. The lowest BCUT2D eigenvalue weighted by molar-refractivity contribution is -0.117. The number of hydrogen-bond donors (Lipinski definition) is 0. The van der Waals surface area contributed by atoms with Crippen LogP contribution in [0.1, 0.15) is 18.9 Å². The van der Waals surface area contributed by atoms with Crippen LogP contribution in [0.5, 0.6) is 0 Å². The normalized spacial score (nSPS) is 18.8. The number of para-hydroxylation sites is 1. The Labute approximate surface area is 95.3 Å². The minimum absolute atomic E-state index is 0.0406. The van der Waals surface area contributed by atoms with E-state index in [1.54, 1.807) is 4.90 Å². The quantitative estimate of drug-likeness (QED) is 0.718. The van der Waals surface area contributed by atoms with Crippen LogP contribution in [0.4, 0.5) is 5.69 Å². The summed E-state index contributed by atoms with van der Waals surface area (Å²) in [6.07, 6.45) is 0.966. The van der Waals surface area contributed by atoms with Crippen LogP contribution in [0.15, 0.2) is 24.3 Å². The van der Waals surface area contributed by atoms with Crippen molar-refractivity contribution in [2.24, 2.45) is 5.92 Å². The maximum atomic E-state index is 11.8. The van der Waals surface area contributed by atoms with Crippen molar-refractivity contribution in [3.05, 3.63) is 29.8 Å². The van der Waals surface area contributed by atoms with Crippen molar-refractivity contribution >= 4 is 11.6 Å². The summed E-state index contributed by atoms with van der Waals surface area (Å²) < 4.78 is 0. The molecule has 1 amide bonds. The molecule has 0 aliphatic carbocycles. The third-order valence-electron chi connectivity index (χ3n) is 2.88. The first-order valence-electron chi connectivity index (χ1n) is 5.47.